The van der Waals surface area contributed by atoms with Crippen LogP contribution in [0.25, 0.3) is 6.08 Å². The second kappa shape index (κ2) is 8.01. The lowest BCUT2D eigenvalue weighted by Crippen LogP contribution is -2.40. The zero-order valence-electron chi connectivity index (χ0n) is 15.0. The van der Waals surface area contributed by atoms with Crippen LogP contribution in [-0.4, -0.2) is 27.1 Å². The molecule has 1 heterocycles. The lowest BCUT2D eigenvalue weighted by atomic mass is 9.94. The van der Waals surface area contributed by atoms with Crippen LogP contribution in [0.15, 0.2) is 64.5 Å². The first-order chi connectivity index (χ1) is 13.2. The monoisotopic (exact) mass is 378 g/mol. The Hall–Kier alpha value is -2.53. The number of phenols is 1. The topological polar surface area (TPSA) is 52.9 Å². The molecular weight excluding hydrogens is 356 g/mol. The van der Waals surface area contributed by atoms with Crippen LogP contribution in [0.1, 0.15) is 37.7 Å². The van der Waals surface area contributed by atoms with E-state index in [4.69, 9.17) is 4.99 Å². The number of para-hydroxylation sites is 2. The highest BCUT2D eigenvalue weighted by Gasteiger charge is 2.38. The second-order valence-corrected chi connectivity index (χ2v) is 7.88. The van der Waals surface area contributed by atoms with Crippen LogP contribution in [0, 0.1) is 0 Å². The Morgan fingerprint density at radius 3 is 2.44 bits per heavy atom. The maximum atomic E-state index is 13.2. The summed E-state index contributed by atoms with van der Waals surface area (Å²) >= 11 is 1.40. The molecule has 1 aliphatic carbocycles. The fourth-order valence-corrected chi connectivity index (χ4v) is 4.64. The Kier molecular flexibility index (Phi) is 5.30. The molecule has 1 aliphatic heterocycles. The number of carbonyl (C=O) groups is 1. The Bertz CT molecular complexity index is 886. The lowest BCUT2D eigenvalue weighted by molar-refractivity contribution is -0.124. The minimum Gasteiger partial charge on any atom is -0.507 e. The number of rotatable bonds is 3. The molecule has 0 atom stereocenters. The molecule has 2 aromatic carbocycles. The number of thioether (sulfide) groups is 1. The molecule has 0 unspecified atom stereocenters. The Labute approximate surface area is 163 Å². The first-order valence-corrected chi connectivity index (χ1v) is 10.2. The van der Waals surface area contributed by atoms with Crippen LogP contribution >= 0.6 is 11.8 Å². The fourth-order valence-electron chi connectivity index (χ4n) is 3.59. The van der Waals surface area contributed by atoms with Gasteiger partial charge in [0.1, 0.15) is 5.75 Å². The van der Waals surface area contributed by atoms with Gasteiger partial charge < -0.3 is 5.11 Å². The van der Waals surface area contributed by atoms with Gasteiger partial charge in [-0.1, -0.05) is 55.7 Å². The van der Waals surface area contributed by atoms with E-state index < -0.39 is 0 Å². The quantitative estimate of drug-likeness (QED) is 0.735. The largest absolute Gasteiger partial charge is 0.507 e. The predicted octanol–water partition coefficient (Wildman–Crippen LogP) is 5.33. The van der Waals surface area contributed by atoms with Gasteiger partial charge in [0.25, 0.3) is 5.91 Å². The molecule has 1 saturated heterocycles. The number of hydrogen-bond acceptors (Lipinski definition) is 4. The van der Waals surface area contributed by atoms with E-state index in [0.29, 0.717) is 10.5 Å². The van der Waals surface area contributed by atoms with Gasteiger partial charge in [-0.15, -0.1) is 0 Å². The first-order valence-electron chi connectivity index (χ1n) is 9.37. The van der Waals surface area contributed by atoms with Gasteiger partial charge in [0.2, 0.25) is 0 Å². The number of nitrogens with zero attached hydrogens (tertiary/aromatic N) is 2. The Morgan fingerprint density at radius 2 is 1.70 bits per heavy atom. The lowest BCUT2D eigenvalue weighted by Gasteiger charge is -2.30. The Balaban J connectivity index is 1.71. The fraction of sp³-hybridized carbons (Fsp3) is 0.273. The third-order valence-electron chi connectivity index (χ3n) is 4.98. The van der Waals surface area contributed by atoms with E-state index in [9.17, 15) is 9.90 Å². The highest BCUT2D eigenvalue weighted by atomic mass is 32.2. The van der Waals surface area contributed by atoms with Crippen LogP contribution in [0.3, 0.4) is 0 Å². The van der Waals surface area contributed by atoms with E-state index in [1.54, 1.807) is 18.2 Å². The highest BCUT2D eigenvalue weighted by Crippen LogP contribution is 2.39. The normalized spacial score (nSPS) is 21.3. The molecule has 4 rings (SSSR count). The second-order valence-electron chi connectivity index (χ2n) is 6.87. The molecule has 2 aliphatic rings. The van der Waals surface area contributed by atoms with Crippen LogP contribution in [0.2, 0.25) is 0 Å². The van der Waals surface area contributed by atoms with Crippen LogP contribution in [0.4, 0.5) is 5.69 Å². The summed E-state index contributed by atoms with van der Waals surface area (Å²) in [5.41, 5.74) is 1.50. The molecule has 5 heteroatoms. The molecule has 1 saturated carbocycles. The number of aromatic hydroxyl groups is 1. The summed E-state index contributed by atoms with van der Waals surface area (Å²) in [5.74, 6) is 0.167. The summed E-state index contributed by atoms with van der Waals surface area (Å²) in [5, 5.41) is 10.8. The van der Waals surface area contributed by atoms with Crippen molar-refractivity contribution in [2.24, 2.45) is 4.99 Å². The average Bonchev–Trinajstić information content (AvgIpc) is 3.00. The smallest absolute Gasteiger partial charge is 0.267 e. The predicted molar refractivity (Wildman–Crippen MR) is 111 cm³/mol. The molecule has 1 amide bonds. The SMILES string of the molecule is O=C1/C(=C/c2ccccc2O)SC(=Nc2ccccc2)N1C1CCCCC1. The van der Waals surface area contributed by atoms with Gasteiger partial charge in [-0.2, -0.15) is 0 Å². The number of aliphatic imine (C=N–C) groups is 1. The molecule has 0 spiro atoms. The van der Waals surface area contributed by atoms with Gasteiger partial charge >= 0.3 is 0 Å². The molecule has 0 radical (unpaired) electrons. The third kappa shape index (κ3) is 3.93. The van der Waals surface area contributed by atoms with Crippen molar-refractivity contribution in [1.82, 2.24) is 4.90 Å². The van der Waals surface area contributed by atoms with Gasteiger partial charge in [0.15, 0.2) is 5.17 Å². The van der Waals surface area contributed by atoms with Crippen LogP contribution in [0.5, 0.6) is 5.75 Å². The number of amides is 1. The van der Waals surface area contributed by atoms with E-state index in [0.717, 1.165) is 36.5 Å². The van der Waals surface area contributed by atoms with Gasteiger partial charge in [0.05, 0.1) is 10.6 Å². The molecule has 2 fully saturated rings. The van der Waals surface area contributed by atoms with E-state index in [1.807, 2.05) is 47.4 Å². The summed E-state index contributed by atoms with van der Waals surface area (Å²) in [6.07, 6.45) is 7.34. The summed E-state index contributed by atoms with van der Waals surface area (Å²) in [6, 6.07) is 17.0. The average molecular weight is 378 g/mol. The van der Waals surface area contributed by atoms with Crippen molar-refractivity contribution < 1.29 is 9.90 Å². The van der Waals surface area contributed by atoms with E-state index in [2.05, 4.69) is 0 Å². The molecule has 1 N–H and O–H groups in total. The third-order valence-corrected chi connectivity index (χ3v) is 5.96. The molecule has 2 aromatic rings. The van der Waals surface area contributed by atoms with Crippen molar-refractivity contribution in [1.29, 1.82) is 0 Å². The van der Waals surface area contributed by atoms with E-state index in [-0.39, 0.29) is 17.7 Å². The molecule has 0 aromatic heterocycles. The summed E-state index contributed by atoms with van der Waals surface area (Å²) < 4.78 is 0. The zero-order chi connectivity index (χ0) is 18.6. The standard InChI is InChI=1S/C22H22N2O2S/c25-19-14-8-7-9-16(19)15-20-21(26)24(18-12-5-2-6-13-18)22(27-20)23-17-10-3-1-4-11-17/h1,3-4,7-11,14-15,18,25H,2,5-6,12-13H2/b20-15-,23-22?. The number of phenolic OH excluding ortho intramolecular Hbond substituents is 1. The number of carbonyl (C=O) groups excluding carboxylic acids is 1. The van der Waals surface area contributed by atoms with Crippen molar-refractivity contribution in [2.75, 3.05) is 0 Å². The van der Waals surface area contributed by atoms with Gasteiger partial charge in [-0.25, -0.2) is 4.99 Å². The Morgan fingerprint density at radius 1 is 1.00 bits per heavy atom. The van der Waals surface area contributed by atoms with E-state index >= 15 is 0 Å². The summed E-state index contributed by atoms with van der Waals surface area (Å²) in [6.45, 7) is 0. The van der Waals surface area contributed by atoms with Gasteiger partial charge in [-0.3, -0.25) is 9.69 Å². The van der Waals surface area contributed by atoms with Crippen molar-refractivity contribution >= 4 is 34.6 Å². The number of amidine groups is 1. The highest BCUT2D eigenvalue weighted by molar-refractivity contribution is 8.18. The summed E-state index contributed by atoms with van der Waals surface area (Å²) in [7, 11) is 0. The van der Waals surface area contributed by atoms with Gasteiger partial charge in [0, 0.05) is 11.6 Å². The minimum atomic E-state index is -0.00941. The van der Waals surface area contributed by atoms with Crippen molar-refractivity contribution in [3.05, 3.63) is 65.1 Å². The number of benzene rings is 2. The maximum Gasteiger partial charge on any atom is 0.267 e. The zero-order valence-corrected chi connectivity index (χ0v) is 15.9. The van der Waals surface area contributed by atoms with Crippen molar-refractivity contribution in [3.63, 3.8) is 0 Å². The first kappa shape index (κ1) is 17.9. The molecule has 27 heavy (non-hydrogen) atoms. The molecule has 138 valence electrons. The molecular formula is C22H22N2O2S. The van der Waals surface area contributed by atoms with Crippen LogP contribution in [-0.2, 0) is 4.79 Å². The summed E-state index contributed by atoms with van der Waals surface area (Å²) in [4.78, 5) is 20.4. The minimum absolute atomic E-state index is 0.00941. The number of hydrogen-bond donors (Lipinski definition) is 1. The van der Waals surface area contributed by atoms with Crippen LogP contribution < -0.4 is 0 Å². The molecule has 4 nitrogen and oxygen atoms in total. The maximum absolute atomic E-state index is 13.2. The van der Waals surface area contributed by atoms with Gasteiger partial charge in [-0.05, 0) is 48.9 Å². The molecule has 0 bridgehead atoms. The van der Waals surface area contributed by atoms with E-state index in [1.165, 1.54) is 18.2 Å². The van der Waals surface area contributed by atoms with Crippen molar-refractivity contribution in [2.45, 2.75) is 38.1 Å². The van der Waals surface area contributed by atoms with Crippen molar-refractivity contribution in [3.8, 4) is 5.75 Å².